The van der Waals surface area contributed by atoms with Gasteiger partial charge in [0, 0.05) is 49.6 Å². The van der Waals surface area contributed by atoms with E-state index in [9.17, 15) is 0 Å². The molecule has 0 unspecified atom stereocenters. The first-order chi connectivity index (χ1) is 35.0. The van der Waals surface area contributed by atoms with Crippen LogP contribution < -0.4 is 4.90 Å². The minimum absolute atomic E-state index is 0.0153. The van der Waals surface area contributed by atoms with Crippen LogP contribution in [0.2, 0.25) is 0 Å². The van der Waals surface area contributed by atoms with E-state index in [1.165, 1.54) is 44.5 Å². The number of rotatable bonds is 7. The zero-order valence-corrected chi connectivity index (χ0v) is 41.6. The summed E-state index contributed by atoms with van der Waals surface area (Å²) in [5.41, 5.74) is 20.7. The minimum atomic E-state index is -0.593. The Morgan fingerprint density at radius 3 is 1.24 bits per heavy atom. The molecule has 0 amide bonds. The van der Waals surface area contributed by atoms with Crippen molar-refractivity contribution in [3.05, 3.63) is 258 Å². The number of hydrogen-bond donors (Lipinski definition) is 0. The molecule has 0 spiro atoms. The summed E-state index contributed by atoms with van der Waals surface area (Å²) in [7, 11) is 0. The van der Waals surface area contributed by atoms with Crippen LogP contribution in [0.4, 0.5) is 17.1 Å². The second-order valence-corrected chi connectivity index (χ2v) is 21.6. The Bertz CT molecular complexity index is 3810. The molecule has 13 rings (SSSR count). The van der Waals surface area contributed by atoms with E-state index in [0.29, 0.717) is 0 Å². The van der Waals surface area contributed by atoms with Crippen molar-refractivity contribution in [2.24, 2.45) is 0 Å². The molecule has 0 radical (unpaired) electrons. The molecule has 1 aliphatic rings. The summed E-state index contributed by atoms with van der Waals surface area (Å²) >= 11 is 0. The van der Waals surface area contributed by atoms with Gasteiger partial charge in [0.05, 0.1) is 11.1 Å². The summed E-state index contributed by atoms with van der Waals surface area (Å²) in [5.74, 6) is 0. The monoisotopic (exact) mass is 929 g/mol. The van der Waals surface area contributed by atoms with E-state index in [1.54, 1.807) is 0 Å². The predicted octanol–water partition coefficient (Wildman–Crippen LogP) is 19.2. The van der Waals surface area contributed by atoms with Crippen LogP contribution in [0.25, 0.3) is 77.3 Å². The van der Waals surface area contributed by atoms with E-state index in [-0.39, 0.29) is 10.8 Å². The molecule has 2 aromatic heterocycles. The Balaban J connectivity index is 1.02. The number of fused-ring (bicyclic) bond motifs is 9. The number of benzene rings is 10. The van der Waals surface area contributed by atoms with Crippen molar-refractivity contribution < 1.29 is 8.83 Å². The first-order valence-electron chi connectivity index (χ1n) is 25.2. The number of para-hydroxylation sites is 4. The van der Waals surface area contributed by atoms with Crippen molar-refractivity contribution in [2.75, 3.05) is 4.90 Å². The van der Waals surface area contributed by atoms with Gasteiger partial charge in [0.25, 0.3) is 0 Å². The molecule has 0 bridgehead atoms. The van der Waals surface area contributed by atoms with Crippen LogP contribution >= 0.6 is 0 Å². The number of anilines is 3. The van der Waals surface area contributed by atoms with Crippen molar-refractivity contribution >= 4 is 60.9 Å². The average molecular weight is 930 g/mol. The highest BCUT2D eigenvalue weighted by Crippen LogP contribution is 2.60. The van der Waals surface area contributed by atoms with Gasteiger partial charge in [-0.25, -0.2) is 0 Å². The Labute approximate surface area is 421 Å². The normalized spacial score (nSPS) is 13.2. The van der Waals surface area contributed by atoms with Gasteiger partial charge < -0.3 is 13.7 Å². The fourth-order valence-corrected chi connectivity index (χ4v) is 11.7. The zero-order chi connectivity index (χ0) is 48.9. The lowest BCUT2D eigenvalue weighted by Crippen LogP contribution is -2.29. The first-order valence-corrected chi connectivity index (χ1v) is 25.2. The first kappa shape index (κ1) is 43.6. The molecule has 0 fully saturated rings. The van der Waals surface area contributed by atoms with Gasteiger partial charge in [-0.15, -0.1) is 0 Å². The van der Waals surface area contributed by atoms with Crippen LogP contribution in [0.3, 0.4) is 0 Å². The van der Waals surface area contributed by atoms with Gasteiger partial charge in [0.2, 0.25) is 0 Å². The molecule has 0 saturated carbocycles. The Morgan fingerprint density at radius 1 is 0.347 bits per heavy atom. The molecule has 3 heteroatoms. The lowest BCUT2D eigenvalue weighted by Gasteiger charge is -2.35. The van der Waals surface area contributed by atoms with Crippen LogP contribution in [-0.4, -0.2) is 0 Å². The molecule has 2 heterocycles. The number of hydrogen-bond acceptors (Lipinski definition) is 3. The maximum Gasteiger partial charge on any atom is 0.143 e. The standard InChI is InChI=1S/C69H55NO2/c1-67(2,3)46-32-36-48(37-33-46)69(49-38-34-47(35-39-49)68(4,5)6)59-23-10-7-18-58(59)64-60(69)24-15-25-61(64)70(50-40-28-44(29-41-50)52-19-13-21-56-54-16-8-11-26-62(54)71-65(52)56)51-42-30-45(31-43-51)53-20-14-22-57-55-17-9-12-27-63(55)72-66(53)57/h7-43H,1-6H3. The summed E-state index contributed by atoms with van der Waals surface area (Å²) < 4.78 is 13.1. The molecule has 10 aromatic carbocycles. The quantitative estimate of drug-likeness (QED) is 0.159. The van der Waals surface area contributed by atoms with E-state index in [1.807, 2.05) is 12.1 Å². The molecule has 0 aliphatic heterocycles. The fraction of sp³-hybridized carbons (Fsp3) is 0.130. The second kappa shape index (κ2) is 16.3. The molecular weight excluding hydrogens is 875 g/mol. The molecule has 3 nitrogen and oxygen atoms in total. The fourth-order valence-electron chi connectivity index (χ4n) is 11.7. The third-order valence-electron chi connectivity index (χ3n) is 15.3. The van der Waals surface area contributed by atoms with E-state index < -0.39 is 5.41 Å². The third kappa shape index (κ3) is 6.78. The Morgan fingerprint density at radius 2 is 0.750 bits per heavy atom. The van der Waals surface area contributed by atoms with E-state index in [4.69, 9.17) is 8.83 Å². The van der Waals surface area contributed by atoms with Gasteiger partial charge >= 0.3 is 0 Å². The van der Waals surface area contributed by atoms with E-state index in [2.05, 4.69) is 259 Å². The minimum Gasteiger partial charge on any atom is -0.455 e. The molecular formula is C69H55NO2. The highest BCUT2D eigenvalue weighted by atomic mass is 16.3. The zero-order valence-electron chi connectivity index (χ0n) is 41.6. The SMILES string of the molecule is CC(C)(C)c1ccc(C2(c3ccc(C(C)(C)C)cc3)c3ccccc3-c3c(N(c4ccc(-c5cccc6c5oc5ccccc56)cc4)c4ccc(-c5cccc6c5oc5ccccc56)cc4)cccc32)cc1. The highest BCUT2D eigenvalue weighted by Gasteiger charge is 2.47. The van der Waals surface area contributed by atoms with Gasteiger partial charge in [0.15, 0.2) is 0 Å². The third-order valence-corrected chi connectivity index (χ3v) is 15.3. The van der Waals surface area contributed by atoms with Crippen LogP contribution in [0.1, 0.15) is 74.9 Å². The lowest BCUT2D eigenvalue weighted by molar-refractivity contribution is 0.588. The second-order valence-electron chi connectivity index (χ2n) is 21.6. The predicted molar refractivity (Wildman–Crippen MR) is 301 cm³/mol. The molecule has 0 N–H and O–H groups in total. The maximum absolute atomic E-state index is 6.55. The van der Waals surface area contributed by atoms with Crippen molar-refractivity contribution in [3.63, 3.8) is 0 Å². The molecule has 12 aromatic rings. The van der Waals surface area contributed by atoms with Crippen LogP contribution in [0.15, 0.2) is 233 Å². The van der Waals surface area contributed by atoms with Crippen molar-refractivity contribution in [3.8, 4) is 33.4 Å². The Hall–Kier alpha value is -8.40. The number of nitrogens with zero attached hydrogens (tertiary/aromatic N) is 1. The van der Waals surface area contributed by atoms with Gasteiger partial charge in [0.1, 0.15) is 22.3 Å². The molecule has 72 heavy (non-hydrogen) atoms. The van der Waals surface area contributed by atoms with Gasteiger partial charge in [-0.05, 0) is 103 Å². The summed E-state index contributed by atoms with van der Waals surface area (Å²) in [6.45, 7) is 13.8. The highest BCUT2D eigenvalue weighted by molar-refractivity contribution is 6.11. The van der Waals surface area contributed by atoms with Crippen molar-refractivity contribution in [1.82, 2.24) is 0 Å². The van der Waals surface area contributed by atoms with Crippen molar-refractivity contribution in [2.45, 2.75) is 57.8 Å². The van der Waals surface area contributed by atoms with Crippen LogP contribution in [0, 0.1) is 0 Å². The average Bonchev–Trinajstić information content (AvgIpc) is 4.08. The topological polar surface area (TPSA) is 29.5 Å². The maximum atomic E-state index is 6.55. The molecule has 1 aliphatic carbocycles. The lowest BCUT2D eigenvalue weighted by atomic mass is 9.67. The summed E-state index contributed by atoms with van der Waals surface area (Å²) in [5, 5.41) is 4.49. The molecule has 0 atom stereocenters. The summed E-state index contributed by atoms with van der Waals surface area (Å²) in [6.07, 6.45) is 0. The van der Waals surface area contributed by atoms with Crippen LogP contribution in [-0.2, 0) is 16.2 Å². The van der Waals surface area contributed by atoms with Crippen LogP contribution in [0.5, 0.6) is 0 Å². The van der Waals surface area contributed by atoms with Crippen molar-refractivity contribution in [1.29, 1.82) is 0 Å². The van der Waals surface area contributed by atoms with Gasteiger partial charge in [-0.2, -0.15) is 0 Å². The molecule has 348 valence electrons. The smallest absolute Gasteiger partial charge is 0.143 e. The van der Waals surface area contributed by atoms with Gasteiger partial charge in [-0.1, -0.05) is 224 Å². The Kier molecular flexibility index (Phi) is 9.89. The van der Waals surface area contributed by atoms with E-state index >= 15 is 0 Å². The van der Waals surface area contributed by atoms with Gasteiger partial charge in [-0.3, -0.25) is 0 Å². The molecule has 0 saturated heterocycles. The number of furan rings is 2. The largest absolute Gasteiger partial charge is 0.455 e. The summed E-state index contributed by atoms with van der Waals surface area (Å²) in [4.78, 5) is 2.45. The van der Waals surface area contributed by atoms with E-state index in [0.717, 1.165) is 83.2 Å². The summed E-state index contributed by atoms with van der Waals surface area (Å²) in [6, 6.07) is 82.6.